The zero-order valence-electron chi connectivity index (χ0n) is 12.0. The third-order valence-corrected chi connectivity index (χ3v) is 1.94. The molecule has 0 aliphatic heterocycles. The minimum Gasteiger partial charge on any atom is -0.304 e. The Labute approximate surface area is 92.9 Å². The highest BCUT2D eigenvalue weighted by Gasteiger charge is 2.02. The van der Waals surface area contributed by atoms with E-state index in [9.17, 15) is 0 Å². The lowest BCUT2D eigenvalue weighted by molar-refractivity contribution is 0.258. The summed E-state index contributed by atoms with van der Waals surface area (Å²) in [6.45, 7) is 18.2. The van der Waals surface area contributed by atoms with Crippen molar-refractivity contribution in [3.05, 3.63) is 0 Å². The third-order valence-electron chi connectivity index (χ3n) is 1.94. The average molecular weight is 203 g/mol. The van der Waals surface area contributed by atoms with Gasteiger partial charge in [-0.1, -0.05) is 41.5 Å². The molecule has 1 heteroatoms. The first kappa shape index (κ1) is 19.5. The number of rotatable bonds is 4. The van der Waals surface area contributed by atoms with Crippen molar-refractivity contribution in [2.75, 3.05) is 13.6 Å². The van der Waals surface area contributed by atoms with Crippen molar-refractivity contribution >= 4 is 0 Å². The molecular formula is C13H33N. The van der Waals surface area contributed by atoms with Crippen molar-refractivity contribution in [2.24, 2.45) is 5.92 Å². The minimum absolute atomic E-state index is 0.693. The van der Waals surface area contributed by atoms with E-state index in [1.807, 2.05) is 27.7 Å². The maximum absolute atomic E-state index is 2.39. The average Bonchev–Trinajstić information content (AvgIpc) is 2.20. The van der Waals surface area contributed by atoms with Gasteiger partial charge in [0.05, 0.1) is 0 Å². The smallest absolute Gasteiger partial charge is 0.00355 e. The molecule has 90 valence electrons. The molecule has 0 bridgehead atoms. The third kappa shape index (κ3) is 17.9. The van der Waals surface area contributed by atoms with E-state index in [4.69, 9.17) is 0 Å². The zero-order chi connectivity index (χ0) is 12.1. The molecule has 0 aromatic heterocycles. The Morgan fingerprint density at radius 3 is 1.43 bits per heavy atom. The number of hydrogen-bond acceptors (Lipinski definition) is 1. The van der Waals surface area contributed by atoms with E-state index in [2.05, 4.69) is 39.6 Å². The molecule has 0 aromatic carbocycles. The Bertz CT molecular complexity index is 77.3. The summed E-state index contributed by atoms with van der Waals surface area (Å²) in [6, 6.07) is 0.693. The van der Waals surface area contributed by atoms with Crippen molar-refractivity contribution < 1.29 is 0 Å². The zero-order valence-corrected chi connectivity index (χ0v) is 12.0. The molecule has 0 saturated carbocycles. The van der Waals surface area contributed by atoms with Crippen LogP contribution in [-0.2, 0) is 0 Å². The predicted octanol–water partition coefficient (Wildman–Crippen LogP) is 4.43. The van der Waals surface area contributed by atoms with Gasteiger partial charge in [-0.05, 0) is 39.8 Å². The summed E-state index contributed by atoms with van der Waals surface area (Å²) < 4.78 is 0. The molecule has 0 unspecified atom stereocenters. The minimum atomic E-state index is 0.693. The maximum Gasteiger partial charge on any atom is 0.00355 e. The lowest BCUT2D eigenvalue weighted by Crippen LogP contribution is -2.27. The van der Waals surface area contributed by atoms with Crippen LogP contribution in [0.2, 0.25) is 0 Å². The van der Waals surface area contributed by atoms with Gasteiger partial charge in [0.25, 0.3) is 0 Å². The van der Waals surface area contributed by atoms with Gasteiger partial charge in [-0.2, -0.15) is 0 Å². The van der Waals surface area contributed by atoms with Crippen LogP contribution in [0.5, 0.6) is 0 Å². The van der Waals surface area contributed by atoms with Gasteiger partial charge in [0, 0.05) is 6.04 Å². The van der Waals surface area contributed by atoms with Gasteiger partial charge in [0.1, 0.15) is 0 Å². The SMILES string of the molecule is CC.CC.CC(C)CCN(C)C(C)C. The first-order valence-corrected chi connectivity index (χ1v) is 6.24. The van der Waals surface area contributed by atoms with Crippen LogP contribution in [0.15, 0.2) is 0 Å². The fourth-order valence-electron chi connectivity index (χ4n) is 0.720. The van der Waals surface area contributed by atoms with E-state index in [-0.39, 0.29) is 0 Å². The lowest BCUT2D eigenvalue weighted by Gasteiger charge is -2.21. The summed E-state index contributed by atoms with van der Waals surface area (Å²) >= 11 is 0. The summed E-state index contributed by atoms with van der Waals surface area (Å²) in [5.74, 6) is 0.834. The second kappa shape index (κ2) is 15.4. The summed E-state index contributed by atoms with van der Waals surface area (Å²) in [4.78, 5) is 2.39. The first-order valence-electron chi connectivity index (χ1n) is 6.24. The monoisotopic (exact) mass is 203 g/mol. The predicted molar refractivity (Wildman–Crippen MR) is 69.9 cm³/mol. The van der Waals surface area contributed by atoms with Crippen LogP contribution in [0.1, 0.15) is 61.8 Å². The first-order chi connectivity index (χ1) is 6.54. The van der Waals surface area contributed by atoms with Crippen molar-refractivity contribution in [1.29, 1.82) is 0 Å². The van der Waals surface area contributed by atoms with Crippen LogP contribution < -0.4 is 0 Å². The lowest BCUT2D eigenvalue weighted by atomic mass is 10.1. The van der Waals surface area contributed by atoms with Crippen molar-refractivity contribution in [3.63, 3.8) is 0 Å². The van der Waals surface area contributed by atoms with Crippen LogP contribution in [0.4, 0.5) is 0 Å². The maximum atomic E-state index is 2.39. The molecule has 0 fully saturated rings. The molecular weight excluding hydrogens is 170 g/mol. The van der Waals surface area contributed by atoms with Crippen LogP contribution in [0.25, 0.3) is 0 Å². The molecule has 0 amide bonds. The topological polar surface area (TPSA) is 3.24 Å². The summed E-state index contributed by atoms with van der Waals surface area (Å²) in [7, 11) is 2.19. The highest BCUT2D eigenvalue weighted by Crippen LogP contribution is 2.02. The Morgan fingerprint density at radius 1 is 0.857 bits per heavy atom. The Kier molecular flexibility index (Phi) is 21.5. The Morgan fingerprint density at radius 2 is 1.21 bits per heavy atom. The molecule has 14 heavy (non-hydrogen) atoms. The van der Waals surface area contributed by atoms with Gasteiger partial charge in [0.2, 0.25) is 0 Å². The van der Waals surface area contributed by atoms with Crippen molar-refractivity contribution in [3.8, 4) is 0 Å². The summed E-state index contributed by atoms with van der Waals surface area (Å²) in [5.41, 5.74) is 0. The molecule has 0 aromatic rings. The quantitative estimate of drug-likeness (QED) is 0.653. The standard InChI is InChI=1S/C9H21N.2C2H6/c1-8(2)6-7-10(5)9(3)4;2*1-2/h8-9H,6-7H2,1-5H3;2*1-2H3. The van der Waals surface area contributed by atoms with Gasteiger partial charge in [-0.15, -0.1) is 0 Å². The second-order valence-corrected chi connectivity index (χ2v) is 3.76. The van der Waals surface area contributed by atoms with Crippen LogP contribution in [0, 0.1) is 5.92 Å². The van der Waals surface area contributed by atoms with Gasteiger partial charge in [-0.3, -0.25) is 0 Å². The van der Waals surface area contributed by atoms with Crippen LogP contribution in [-0.4, -0.2) is 24.5 Å². The normalized spacial score (nSPS) is 9.43. The molecule has 0 radical (unpaired) electrons. The summed E-state index contributed by atoms with van der Waals surface area (Å²) in [6.07, 6.45) is 1.31. The molecule has 1 nitrogen and oxygen atoms in total. The van der Waals surface area contributed by atoms with Gasteiger partial charge in [-0.25, -0.2) is 0 Å². The van der Waals surface area contributed by atoms with E-state index in [1.165, 1.54) is 13.0 Å². The van der Waals surface area contributed by atoms with Crippen molar-refractivity contribution in [2.45, 2.75) is 67.9 Å². The molecule has 0 rings (SSSR count). The highest BCUT2D eigenvalue weighted by molar-refractivity contribution is 4.57. The van der Waals surface area contributed by atoms with Gasteiger partial charge in [0.15, 0.2) is 0 Å². The molecule has 0 aliphatic rings. The summed E-state index contributed by atoms with van der Waals surface area (Å²) in [5, 5.41) is 0. The van der Waals surface area contributed by atoms with Crippen molar-refractivity contribution in [1.82, 2.24) is 4.90 Å². The highest BCUT2D eigenvalue weighted by atomic mass is 15.1. The van der Waals surface area contributed by atoms with E-state index in [0.717, 1.165) is 5.92 Å². The molecule has 0 heterocycles. The van der Waals surface area contributed by atoms with E-state index >= 15 is 0 Å². The Hall–Kier alpha value is -0.0400. The molecule has 0 spiro atoms. The van der Waals surface area contributed by atoms with E-state index < -0.39 is 0 Å². The largest absolute Gasteiger partial charge is 0.304 e. The molecule has 0 saturated heterocycles. The number of nitrogens with zero attached hydrogens (tertiary/aromatic N) is 1. The molecule has 0 atom stereocenters. The molecule has 0 aliphatic carbocycles. The fourth-order valence-corrected chi connectivity index (χ4v) is 0.720. The number of hydrogen-bond donors (Lipinski definition) is 0. The Balaban J connectivity index is -0.000000266. The second-order valence-electron chi connectivity index (χ2n) is 3.76. The van der Waals surface area contributed by atoms with Gasteiger partial charge < -0.3 is 4.90 Å². The van der Waals surface area contributed by atoms with Crippen LogP contribution in [0.3, 0.4) is 0 Å². The molecule has 0 N–H and O–H groups in total. The van der Waals surface area contributed by atoms with E-state index in [1.54, 1.807) is 0 Å². The fraction of sp³-hybridized carbons (Fsp3) is 1.00. The van der Waals surface area contributed by atoms with Gasteiger partial charge >= 0.3 is 0 Å². The van der Waals surface area contributed by atoms with Crippen LogP contribution >= 0.6 is 0 Å². The van der Waals surface area contributed by atoms with E-state index in [0.29, 0.717) is 6.04 Å².